The highest BCUT2D eigenvalue weighted by Gasteiger charge is 2.46. The molecule has 4 aromatic rings. The fourth-order valence-corrected chi connectivity index (χ4v) is 4.77. The smallest absolute Gasteiger partial charge is 0.0713 e. The second-order valence-corrected chi connectivity index (χ2v) is 7.54. The van der Waals surface area contributed by atoms with Crippen molar-refractivity contribution in [2.75, 3.05) is 11.5 Å². The Bertz CT molecular complexity index is 1130. The minimum absolute atomic E-state index is 0.390. The number of hydrogen-bond acceptors (Lipinski definition) is 2. The molecule has 0 aliphatic heterocycles. The molecule has 0 bridgehead atoms. The van der Waals surface area contributed by atoms with E-state index in [2.05, 4.69) is 73.7 Å². The van der Waals surface area contributed by atoms with Crippen LogP contribution in [-0.2, 0) is 5.41 Å². The van der Waals surface area contributed by atoms with Crippen LogP contribution in [0.25, 0.3) is 11.1 Å². The number of anilines is 2. The molecule has 4 N–H and O–H groups in total. The Morgan fingerprint density at radius 1 is 0.571 bits per heavy atom. The van der Waals surface area contributed by atoms with E-state index in [0.29, 0.717) is 0 Å². The molecule has 0 radical (unpaired) electrons. The Labute approximate surface area is 165 Å². The average molecular weight is 362 g/mol. The molecule has 2 nitrogen and oxygen atoms in total. The third-order valence-electron chi connectivity index (χ3n) is 5.96. The SMILES string of the molecule is Cc1cccc2c1-c1ccccc1C2(c1ccc(N)cc1)c1ccc(N)cc1. The van der Waals surface area contributed by atoms with Crippen LogP contribution in [0.2, 0.25) is 0 Å². The van der Waals surface area contributed by atoms with Crippen molar-refractivity contribution in [3.8, 4) is 11.1 Å². The lowest BCUT2D eigenvalue weighted by atomic mass is 9.67. The normalized spacial score (nSPS) is 13.8. The molecule has 2 heteroatoms. The van der Waals surface area contributed by atoms with Crippen molar-refractivity contribution in [2.45, 2.75) is 12.3 Å². The van der Waals surface area contributed by atoms with Crippen molar-refractivity contribution in [3.05, 3.63) is 119 Å². The number of nitrogen functional groups attached to an aromatic ring is 2. The minimum atomic E-state index is -0.390. The number of hydrogen-bond donors (Lipinski definition) is 2. The Morgan fingerprint density at radius 3 is 1.71 bits per heavy atom. The molecular weight excluding hydrogens is 340 g/mol. The fraction of sp³-hybridized carbons (Fsp3) is 0.0769. The summed E-state index contributed by atoms with van der Waals surface area (Å²) in [5, 5.41) is 0. The highest BCUT2D eigenvalue weighted by atomic mass is 14.6. The highest BCUT2D eigenvalue weighted by molar-refractivity contribution is 5.88. The molecule has 0 heterocycles. The van der Waals surface area contributed by atoms with Crippen LogP contribution in [0.4, 0.5) is 11.4 Å². The van der Waals surface area contributed by atoms with Crippen LogP contribution in [0.1, 0.15) is 27.8 Å². The number of aryl methyl sites for hydroxylation is 1. The van der Waals surface area contributed by atoms with Crippen LogP contribution >= 0.6 is 0 Å². The van der Waals surface area contributed by atoms with E-state index in [9.17, 15) is 0 Å². The summed E-state index contributed by atoms with van der Waals surface area (Å²) < 4.78 is 0. The molecule has 0 unspecified atom stereocenters. The summed E-state index contributed by atoms with van der Waals surface area (Å²) in [5.41, 5.74) is 22.1. The molecule has 0 spiro atoms. The lowest BCUT2D eigenvalue weighted by Gasteiger charge is -2.34. The molecule has 0 amide bonds. The molecule has 0 atom stereocenters. The zero-order chi connectivity index (χ0) is 19.3. The van der Waals surface area contributed by atoms with Gasteiger partial charge in [0, 0.05) is 11.4 Å². The summed E-state index contributed by atoms with van der Waals surface area (Å²) in [4.78, 5) is 0. The standard InChI is InChI=1S/C26H22N2/c1-17-5-4-8-24-25(17)22-6-2-3-7-23(22)26(24,18-9-13-20(27)14-10-18)19-11-15-21(28)16-12-19/h2-16H,27-28H2,1H3. The first kappa shape index (κ1) is 16.6. The van der Waals surface area contributed by atoms with Gasteiger partial charge < -0.3 is 11.5 Å². The molecule has 0 saturated heterocycles. The molecular formula is C26H22N2. The monoisotopic (exact) mass is 362 g/mol. The first-order valence-corrected chi connectivity index (χ1v) is 9.54. The van der Waals surface area contributed by atoms with E-state index in [4.69, 9.17) is 11.5 Å². The van der Waals surface area contributed by atoms with Crippen molar-refractivity contribution in [1.82, 2.24) is 0 Å². The van der Waals surface area contributed by atoms with Gasteiger partial charge in [-0.3, -0.25) is 0 Å². The maximum absolute atomic E-state index is 6.02. The van der Waals surface area contributed by atoms with E-state index in [0.717, 1.165) is 11.4 Å². The summed E-state index contributed by atoms with van der Waals surface area (Å²) in [6, 6.07) is 31.9. The molecule has 5 rings (SSSR count). The van der Waals surface area contributed by atoms with Crippen LogP contribution < -0.4 is 11.5 Å². The first-order valence-electron chi connectivity index (χ1n) is 9.54. The number of benzene rings is 4. The molecule has 4 aromatic carbocycles. The van der Waals surface area contributed by atoms with Gasteiger partial charge in [-0.1, -0.05) is 66.7 Å². The summed E-state index contributed by atoms with van der Waals surface area (Å²) >= 11 is 0. The van der Waals surface area contributed by atoms with Crippen LogP contribution in [0.3, 0.4) is 0 Å². The van der Waals surface area contributed by atoms with Gasteiger partial charge in [0.15, 0.2) is 0 Å². The largest absolute Gasteiger partial charge is 0.399 e. The summed E-state index contributed by atoms with van der Waals surface area (Å²) in [6.07, 6.45) is 0. The van der Waals surface area contributed by atoms with Crippen molar-refractivity contribution in [1.29, 1.82) is 0 Å². The van der Waals surface area contributed by atoms with Gasteiger partial charge in [0.2, 0.25) is 0 Å². The Kier molecular flexibility index (Phi) is 3.56. The van der Waals surface area contributed by atoms with Gasteiger partial charge in [-0.2, -0.15) is 0 Å². The van der Waals surface area contributed by atoms with Gasteiger partial charge in [0.05, 0.1) is 5.41 Å². The number of nitrogens with two attached hydrogens (primary N) is 2. The number of rotatable bonds is 2. The van der Waals surface area contributed by atoms with Crippen LogP contribution in [-0.4, -0.2) is 0 Å². The van der Waals surface area contributed by atoms with Crippen molar-refractivity contribution in [3.63, 3.8) is 0 Å². The maximum Gasteiger partial charge on any atom is 0.0713 e. The van der Waals surface area contributed by atoms with E-state index in [1.165, 1.54) is 38.9 Å². The lowest BCUT2D eigenvalue weighted by Crippen LogP contribution is -2.28. The van der Waals surface area contributed by atoms with Crippen LogP contribution in [0.15, 0.2) is 91.0 Å². The Balaban J connectivity index is 1.97. The quantitative estimate of drug-likeness (QED) is 0.406. The van der Waals surface area contributed by atoms with E-state index in [1.807, 2.05) is 24.3 Å². The molecule has 1 aliphatic rings. The predicted molar refractivity (Wildman–Crippen MR) is 117 cm³/mol. The zero-order valence-corrected chi connectivity index (χ0v) is 15.8. The topological polar surface area (TPSA) is 52.0 Å². The first-order chi connectivity index (χ1) is 13.6. The average Bonchev–Trinajstić information content (AvgIpc) is 3.02. The van der Waals surface area contributed by atoms with E-state index in [-0.39, 0.29) is 5.41 Å². The molecule has 136 valence electrons. The molecule has 28 heavy (non-hydrogen) atoms. The second kappa shape index (κ2) is 6.00. The van der Waals surface area contributed by atoms with E-state index < -0.39 is 0 Å². The molecule has 1 aliphatic carbocycles. The van der Waals surface area contributed by atoms with Gasteiger partial charge in [-0.05, 0) is 70.1 Å². The lowest BCUT2D eigenvalue weighted by molar-refractivity contribution is 0.768. The van der Waals surface area contributed by atoms with E-state index in [1.54, 1.807) is 0 Å². The highest BCUT2D eigenvalue weighted by Crippen LogP contribution is 2.56. The predicted octanol–water partition coefficient (Wildman–Crippen LogP) is 5.52. The second-order valence-electron chi connectivity index (χ2n) is 7.54. The summed E-state index contributed by atoms with van der Waals surface area (Å²) in [7, 11) is 0. The van der Waals surface area contributed by atoms with Gasteiger partial charge in [0.1, 0.15) is 0 Å². The van der Waals surface area contributed by atoms with Crippen LogP contribution in [0.5, 0.6) is 0 Å². The number of fused-ring (bicyclic) bond motifs is 3. The minimum Gasteiger partial charge on any atom is -0.399 e. The van der Waals surface area contributed by atoms with Crippen molar-refractivity contribution in [2.24, 2.45) is 0 Å². The molecule has 0 aromatic heterocycles. The maximum atomic E-state index is 6.02. The van der Waals surface area contributed by atoms with Crippen molar-refractivity contribution >= 4 is 11.4 Å². The molecule has 0 fully saturated rings. The molecule has 0 saturated carbocycles. The third kappa shape index (κ3) is 2.15. The van der Waals surface area contributed by atoms with Crippen LogP contribution in [0, 0.1) is 6.92 Å². The van der Waals surface area contributed by atoms with E-state index >= 15 is 0 Å². The Hall–Kier alpha value is -3.52. The van der Waals surface area contributed by atoms with Gasteiger partial charge in [0.25, 0.3) is 0 Å². The zero-order valence-electron chi connectivity index (χ0n) is 15.8. The van der Waals surface area contributed by atoms with Gasteiger partial charge in [-0.15, -0.1) is 0 Å². The summed E-state index contributed by atoms with van der Waals surface area (Å²) in [5.74, 6) is 0. The van der Waals surface area contributed by atoms with Gasteiger partial charge in [-0.25, -0.2) is 0 Å². The summed E-state index contributed by atoms with van der Waals surface area (Å²) in [6.45, 7) is 2.19. The third-order valence-corrected chi connectivity index (χ3v) is 5.96. The van der Waals surface area contributed by atoms with Crippen molar-refractivity contribution < 1.29 is 0 Å². The van der Waals surface area contributed by atoms with Gasteiger partial charge >= 0.3 is 0 Å². The Morgan fingerprint density at radius 2 is 1.11 bits per heavy atom. The fourth-order valence-electron chi connectivity index (χ4n) is 4.77.